The fourth-order valence-electron chi connectivity index (χ4n) is 3.47. The van der Waals surface area contributed by atoms with Gasteiger partial charge in [0.25, 0.3) is 11.5 Å². The van der Waals surface area contributed by atoms with Gasteiger partial charge in [-0.3, -0.25) is 9.59 Å². The van der Waals surface area contributed by atoms with E-state index in [-0.39, 0.29) is 11.5 Å². The number of fused-ring (bicyclic) bond motifs is 1. The van der Waals surface area contributed by atoms with Crippen LogP contribution in [0.5, 0.6) is 5.75 Å². The van der Waals surface area contributed by atoms with Gasteiger partial charge in [0.05, 0.1) is 7.11 Å². The summed E-state index contributed by atoms with van der Waals surface area (Å²) in [5, 5.41) is 1.37. The first-order valence-corrected chi connectivity index (χ1v) is 8.96. The SMILES string of the molecule is COc1cccc(N2CCN(C(=O)c3cc4ccccc4c(=O)[nH]3)CC2)c1. The van der Waals surface area contributed by atoms with Crippen LogP contribution in [-0.2, 0) is 0 Å². The smallest absolute Gasteiger partial charge is 0.270 e. The lowest BCUT2D eigenvalue weighted by Gasteiger charge is -2.36. The molecule has 2 heterocycles. The second kappa shape index (κ2) is 7.15. The summed E-state index contributed by atoms with van der Waals surface area (Å²) >= 11 is 0. The molecule has 138 valence electrons. The van der Waals surface area contributed by atoms with E-state index in [0.717, 1.165) is 29.9 Å². The van der Waals surface area contributed by atoms with Crippen LogP contribution >= 0.6 is 0 Å². The first kappa shape index (κ1) is 17.1. The number of ether oxygens (including phenoxy) is 1. The third kappa shape index (κ3) is 3.38. The summed E-state index contributed by atoms with van der Waals surface area (Å²) in [5.41, 5.74) is 1.19. The maximum atomic E-state index is 12.9. The van der Waals surface area contributed by atoms with E-state index in [0.29, 0.717) is 24.2 Å². The van der Waals surface area contributed by atoms with Gasteiger partial charge in [0.15, 0.2) is 0 Å². The van der Waals surface area contributed by atoms with Crippen LogP contribution in [0.25, 0.3) is 10.8 Å². The van der Waals surface area contributed by atoms with E-state index in [1.165, 1.54) is 0 Å². The topological polar surface area (TPSA) is 65.6 Å². The molecule has 2 aromatic carbocycles. The summed E-state index contributed by atoms with van der Waals surface area (Å²) in [4.78, 5) is 31.8. The van der Waals surface area contributed by atoms with Crippen molar-refractivity contribution >= 4 is 22.4 Å². The van der Waals surface area contributed by atoms with Crippen molar-refractivity contribution in [1.82, 2.24) is 9.88 Å². The van der Waals surface area contributed by atoms with Gasteiger partial charge in [0.2, 0.25) is 0 Å². The lowest BCUT2D eigenvalue weighted by atomic mass is 10.1. The highest BCUT2D eigenvalue weighted by atomic mass is 16.5. The van der Waals surface area contributed by atoms with Crippen molar-refractivity contribution in [3.63, 3.8) is 0 Å². The first-order valence-electron chi connectivity index (χ1n) is 8.96. The van der Waals surface area contributed by atoms with Gasteiger partial charge in [0.1, 0.15) is 11.4 Å². The summed E-state index contributed by atoms with van der Waals surface area (Å²) in [6.07, 6.45) is 0. The maximum Gasteiger partial charge on any atom is 0.270 e. The number of aromatic amines is 1. The number of piperazine rings is 1. The number of amides is 1. The number of benzene rings is 2. The van der Waals surface area contributed by atoms with Crippen molar-refractivity contribution in [3.8, 4) is 5.75 Å². The average Bonchev–Trinajstić information content (AvgIpc) is 2.73. The Morgan fingerprint density at radius 3 is 2.56 bits per heavy atom. The number of hydrogen-bond acceptors (Lipinski definition) is 4. The molecule has 0 spiro atoms. The summed E-state index contributed by atoms with van der Waals surface area (Å²) in [6.45, 7) is 2.67. The minimum Gasteiger partial charge on any atom is -0.497 e. The molecule has 1 fully saturated rings. The Bertz CT molecular complexity index is 1040. The number of hydrogen-bond donors (Lipinski definition) is 1. The van der Waals surface area contributed by atoms with E-state index in [1.54, 1.807) is 24.1 Å². The van der Waals surface area contributed by atoms with Gasteiger partial charge < -0.3 is 19.5 Å². The van der Waals surface area contributed by atoms with Crippen LogP contribution in [0, 0.1) is 0 Å². The van der Waals surface area contributed by atoms with Crippen molar-refractivity contribution in [2.75, 3.05) is 38.2 Å². The Kier molecular flexibility index (Phi) is 4.54. The molecule has 1 N–H and O–H groups in total. The summed E-state index contributed by atoms with van der Waals surface area (Å²) in [6, 6.07) is 17.0. The fraction of sp³-hybridized carbons (Fsp3) is 0.238. The van der Waals surface area contributed by atoms with E-state index in [2.05, 4.69) is 9.88 Å². The number of carbonyl (C=O) groups is 1. The normalized spacial score (nSPS) is 14.4. The van der Waals surface area contributed by atoms with Gasteiger partial charge in [-0.2, -0.15) is 0 Å². The van der Waals surface area contributed by atoms with Crippen LogP contribution in [-0.4, -0.2) is 49.1 Å². The molecule has 6 heteroatoms. The molecule has 1 saturated heterocycles. The lowest BCUT2D eigenvalue weighted by molar-refractivity contribution is 0.0741. The fourth-order valence-corrected chi connectivity index (χ4v) is 3.47. The van der Waals surface area contributed by atoms with Gasteiger partial charge in [-0.15, -0.1) is 0 Å². The molecule has 6 nitrogen and oxygen atoms in total. The zero-order valence-electron chi connectivity index (χ0n) is 15.1. The van der Waals surface area contributed by atoms with Crippen LogP contribution < -0.4 is 15.2 Å². The molecule has 0 radical (unpaired) electrons. The number of H-pyrrole nitrogens is 1. The van der Waals surface area contributed by atoms with Crippen LogP contribution in [0.4, 0.5) is 5.69 Å². The predicted molar refractivity (Wildman–Crippen MR) is 106 cm³/mol. The zero-order valence-corrected chi connectivity index (χ0v) is 15.1. The van der Waals surface area contributed by atoms with Gasteiger partial charge >= 0.3 is 0 Å². The highest BCUT2D eigenvalue weighted by Gasteiger charge is 2.23. The minimum atomic E-state index is -0.230. The molecule has 0 unspecified atom stereocenters. The molecule has 3 aromatic rings. The molecule has 0 aliphatic carbocycles. The van der Waals surface area contributed by atoms with Crippen molar-refractivity contribution in [2.24, 2.45) is 0 Å². The van der Waals surface area contributed by atoms with Gasteiger partial charge in [-0.05, 0) is 29.7 Å². The van der Waals surface area contributed by atoms with Gasteiger partial charge in [0, 0.05) is 43.3 Å². The Morgan fingerprint density at radius 1 is 1.00 bits per heavy atom. The number of carbonyl (C=O) groups excluding carboxylic acids is 1. The van der Waals surface area contributed by atoms with Crippen molar-refractivity contribution < 1.29 is 9.53 Å². The minimum absolute atomic E-state index is 0.136. The number of rotatable bonds is 3. The van der Waals surface area contributed by atoms with E-state index in [4.69, 9.17) is 4.74 Å². The highest BCUT2D eigenvalue weighted by Crippen LogP contribution is 2.22. The van der Waals surface area contributed by atoms with Crippen LogP contribution in [0.15, 0.2) is 59.4 Å². The quantitative estimate of drug-likeness (QED) is 0.777. The molecular weight excluding hydrogens is 342 g/mol. The second-order valence-electron chi connectivity index (χ2n) is 6.58. The Hall–Kier alpha value is -3.28. The number of methoxy groups -OCH3 is 1. The zero-order chi connectivity index (χ0) is 18.8. The van der Waals surface area contributed by atoms with Gasteiger partial charge in [-0.25, -0.2) is 0 Å². The Balaban J connectivity index is 1.49. The number of nitrogens with one attached hydrogen (secondary N) is 1. The van der Waals surface area contributed by atoms with E-state index >= 15 is 0 Å². The predicted octanol–water partition coefficient (Wildman–Crippen LogP) is 2.50. The number of anilines is 1. The monoisotopic (exact) mass is 363 g/mol. The standard InChI is InChI=1S/C21H21N3O3/c1-27-17-7-4-6-16(14-17)23-9-11-24(12-10-23)21(26)19-13-15-5-2-3-8-18(15)20(25)22-19/h2-8,13-14H,9-12H2,1H3,(H,22,25). The highest BCUT2D eigenvalue weighted by molar-refractivity contribution is 5.96. The lowest BCUT2D eigenvalue weighted by Crippen LogP contribution is -2.49. The Morgan fingerprint density at radius 2 is 1.78 bits per heavy atom. The molecule has 0 atom stereocenters. The van der Waals surface area contributed by atoms with Crippen LogP contribution in [0.2, 0.25) is 0 Å². The van der Waals surface area contributed by atoms with Crippen molar-refractivity contribution in [1.29, 1.82) is 0 Å². The Labute approximate surface area is 157 Å². The third-order valence-electron chi connectivity index (χ3n) is 4.97. The molecule has 0 saturated carbocycles. The summed E-state index contributed by atoms with van der Waals surface area (Å²) in [7, 11) is 1.65. The van der Waals surface area contributed by atoms with Gasteiger partial charge in [-0.1, -0.05) is 24.3 Å². The number of pyridine rings is 1. The molecule has 4 rings (SSSR count). The molecule has 1 aromatic heterocycles. The molecule has 1 amide bonds. The summed E-state index contributed by atoms with van der Waals surface area (Å²) < 4.78 is 5.28. The van der Waals surface area contributed by atoms with E-state index < -0.39 is 0 Å². The average molecular weight is 363 g/mol. The third-order valence-corrected chi connectivity index (χ3v) is 4.97. The number of aromatic nitrogens is 1. The first-order chi connectivity index (χ1) is 13.2. The summed E-state index contributed by atoms with van der Waals surface area (Å²) in [5.74, 6) is 0.683. The molecule has 27 heavy (non-hydrogen) atoms. The maximum absolute atomic E-state index is 12.9. The second-order valence-corrected chi connectivity index (χ2v) is 6.58. The molecule has 0 bridgehead atoms. The van der Waals surface area contributed by atoms with Crippen LogP contribution in [0.1, 0.15) is 10.5 Å². The molecular formula is C21H21N3O3. The van der Waals surface area contributed by atoms with E-state index in [9.17, 15) is 9.59 Å². The molecule has 1 aliphatic heterocycles. The largest absolute Gasteiger partial charge is 0.497 e. The van der Waals surface area contributed by atoms with Crippen molar-refractivity contribution in [3.05, 3.63) is 70.6 Å². The molecule has 1 aliphatic rings. The van der Waals surface area contributed by atoms with E-state index in [1.807, 2.05) is 42.5 Å². The number of nitrogens with zero attached hydrogens (tertiary/aromatic N) is 2. The van der Waals surface area contributed by atoms with Crippen molar-refractivity contribution in [2.45, 2.75) is 0 Å². The van der Waals surface area contributed by atoms with Crippen LogP contribution in [0.3, 0.4) is 0 Å².